The smallest absolute Gasteiger partial charge is 0.131 e. The maximum Gasteiger partial charge on any atom is 0.131 e. The molecule has 4 aromatic carbocycles. The molecule has 0 aromatic heterocycles. The van der Waals surface area contributed by atoms with Crippen LogP contribution in [-0.4, -0.2) is 7.11 Å². The van der Waals surface area contributed by atoms with E-state index in [2.05, 4.69) is 136 Å². The van der Waals surface area contributed by atoms with Crippen molar-refractivity contribution in [2.45, 2.75) is 124 Å². The second kappa shape index (κ2) is 12.2. The molecule has 0 spiro atoms. The molecule has 1 nitrogen and oxygen atoms in total. The third kappa shape index (κ3) is 5.92. The predicted octanol–water partition coefficient (Wildman–Crippen LogP) is 13.2. The van der Waals surface area contributed by atoms with Crippen molar-refractivity contribution >= 4 is 12.2 Å². The average molecular weight is 649 g/mol. The van der Waals surface area contributed by atoms with Crippen LogP contribution in [0.5, 0.6) is 5.75 Å². The molecule has 3 aliphatic carbocycles. The molecule has 0 amide bonds. The van der Waals surface area contributed by atoms with Crippen LogP contribution in [0, 0.1) is 13.8 Å². The van der Waals surface area contributed by atoms with Crippen LogP contribution < -0.4 is 4.74 Å². The Morgan fingerprint density at radius 3 is 1.76 bits per heavy atom. The standard InChI is InChI=1S/C48H56O/c1-28-21-29(2)23-34(22-28)45-42-25-31(4)37(40(42)27-43(46(45)49-11)48(8,9)10)20-19-36-30(3)24-41-39(36)26-33-13-12-14-38(33)44(41)32-15-17-35(18-16-32)47(5,6)7/h15-18,21-27,36-37H,12-14,19-20H2,1-11H3. The zero-order valence-corrected chi connectivity index (χ0v) is 31.9. The molecule has 0 fully saturated rings. The Balaban J connectivity index is 1.27. The summed E-state index contributed by atoms with van der Waals surface area (Å²) in [5.74, 6) is 1.90. The fourth-order valence-electron chi connectivity index (χ4n) is 9.26. The second-order valence-corrected chi connectivity index (χ2v) is 17.5. The predicted molar refractivity (Wildman–Crippen MR) is 211 cm³/mol. The SMILES string of the molecule is COc1c(C(C)(C)C)cc2c(c1-c1cc(C)cc(C)c1)C=C(C)C2CCC1C(C)=Cc2c1cc1c(c2-c2ccc(C(C)(C)C)cc2)CCC1. The first kappa shape index (κ1) is 33.6. The zero-order valence-electron chi connectivity index (χ0n) is 31.9. The molecular weight excluding hydrogens is 593 g/mol. The summed E-state index contributed by atoms with van der Waals surface area (Å²) in [6, 6.07) is 21.5. The van der Waals surface area contributed by atoms with Crippen LogP contribution in [0.1, 0.15) is 142 Å². The highest BCUT2D eigenvalue weighted by Crippen LogP contribution is 2.53. The highest BCUT2D eigenvalue weighted by atomic mass is 16.5. The van der Waals surface area contributed by atoms with Crippen molar-refractivity contribution in [3.8, 4) is 28.0 Å². The number of hydrogen-bond acceptors (Lipinski definition) is 1. The first-order chi connectivity index (χ1) is 23.2. The van der Waals surface area contributed by atoms with E-state index in [1.54, 1.807) is 16.7 Å². The monoisotopic (exact) mass is 648 g/mol. The summed E-state index contributed by atoms with van der Waals surface area (Å²) in [5, 5.41) is 0. The van der Waals surface area contributed by atoms with Crippen molar-refractivity contribution in [1.82, 2.24) is 0 Å². The lowest BCUT2D eigenvalue weighted by atomic mass is 9.78. The molecule has 3 aliphatic rings. The minimum absolute atomic E-state index is 0.0411. The second-order valence-electron chi connectivity index (χ2n) is 17.5. The Morgan fingerprint density at radius 2 is 1.20 bits per heavy atom. The summed E-state index contributed by atoms with van der Waals surface area (Å²) in [5.41, 5.74) is 22.9. The first-order valence-electron chi connectivity index (χ1n) is 18.7. The lowest BCUT2D eigenvalue weighted by Gasteiger charge is -2.28. The molecule has 0 radical (unpaired) electrons. The molecule has 2 atom stereocenters. The van der Waals surface area contributed by atoms with Gasteiger partial charge in [-0.2, -0.15) is 0 Å². The molecule has 4 aromatic rings. The van der Waals surface area contributed by atoms with Crippen LogP contribution in [0.25, 0.3) is 34.4 Å². The molecule has 0 aliphatic heterocycles. The maximum absolute atomic E-state index is 6.30. The Kier molecular flexibility index (Phi) is 8.37. The largest absolute Gasteiger partial charge is 0.496 e. The van der Waals surface area contributed by atoms with Gasteiger partial charge in [-0.15, -0.1) is 0 Å². The van der Waals surface area contributed by atoms with Gasteiger partial charge in [0.2, 0.25) is 0 Å². The number of benzene rings is 4. The Hall–Kier alpha value is -3.84. The highest BCUT2D eigenvalue weighted by Gasteiger charge is 2.35. The van der Waals surface area contributed by atoms with E-state index in [4.69, 9.17) is 4.74 Å². The molecule has 0 saturated heterocycles. The number of rotatable bonds is 6. The summed E-state index contributed by atoms with van der Waals surface area (Å²) in [7, 11) is 1.85. The van der Waals surface area contributed by atoms with Gasteiger partial charge in [-0.1, -0.05) is 131 Å². The number of fused-ring (bicyclic) bond motifs is 3. The molecular formula is C48H56O. The zero-order chi connectivity index (χ0) is 35.0. The molecule has 49 heavy (non-hydrogen) atoms. The molecule has 0 saturated carbocycles. The lowest BCUT2D eigenvalue weighted by Crippen LogP contribution is -2.15. The van der Waals surface area contributed by atoms with Crippen molar-refractivity contribution in [2.24, 2.45) is 0 Å². The fraction of sp³-hybridized carbons (Fsp3) is 0.417. The van der Waals surface area contributed by atoms with Crippen LogP contribution in [0.4, 0.5) is 0 Å². The van der Waals surface area contributed by atoms with Gasteiger partial charge in [-0.05, 0) is 126 Å². The van der Waals surface area contributed by atoms with E-state index in [1.165, 1.54) is 91.6 Å². The lowest BCUT2D eigenvalue weighted by molar-refractivity contribution is 0.398. The quantitative estimate of drug-likeness (QED) is 0.202. The number of methoxy groups -OCH3 is 1. The third-order valence-corrected chi connectivity index (χ3v) is 11.7. The number of hydrogen-bond donors (Lipinski definition) is 0. The van der Waals surface area contributed by atoms with Crippen molar-refractivity contribution in [1.29, 1.82) is 0 Å². The van der Waals surface area contributed by atoms with Gasteiger partial charge >= 0.3 is 0 Å². The summed E-state index contributed by atoms with van der Waals surface area (Å²) in [4.78, 5) is 0. The molecule has 0 N–H and O–H groups in total. The number of aryl methyl sites for hydroxylation is 3. The van der Waals surface area contributed by atoms with Gasteiger partial charge in [0, 0.05) is 23.0 Å². The number of allylic oxidation sites excluding steroid dienone is 2. The molecule has 7 rings (SSSR count). The van der Waals surface area contributed by atoms with Crippen LogP contribution in [-0.2, 0) is 23.7 Å². The summed E-state index contributed by atoms with van der Waals surface area (Å²) in [6.07, 6.45) is 11.0. The van der Waals surface area contributed by atoms with Crippen LogP contribution >= 0.6 is 0 Å². The average Bonchev–Trinajstić information content (AvgIpc) is 3.70. The first-order valence-corrected chi connectivity index (χ1v) is 18.7. The summed E-state index contributed by atoms with van der Waals surface area (Å²) >= 11 is 0. The summed E-state index contributed by atoms with van der Waals surface area (Å²) < 4.78 is 6.30. The van der Waals surface area contributed by atoms with E-state index >= 15 is 0 Å². The molecule has 0 heterocycles. The van der Waals surface area contributed by atoms with E-state index in [0.717, 1.165) is 18.6 Å². The molecule has 1 heteroatoms. The Bertz CT molecular complexity index is 2000. The van der Waals surface area contributed by atoms with Crippen molar-refractivity contribution in [3.63, 3.8) is 0 Å². The van der Waals surface area contributed by atoms with Gasteiger partial charge in [-0.3, -0.25) is 0 Å². The Labute approximate surface area is 296 Å². The van der Waals surface area contributed by atoms with E-state index in [1.807, 2.05) is 7.11 Å². The van der Waals surface area contributed by atoms with Crippen LogP contribution in [0.15, 0.2) is 65.7 Å². The topological polar surface area (TPSA) is 9.23 Å². The van der Waals surface area contributed by atoms with Crippen molar-refractivity contribution in [3.05, 3.63) is 121 Å². The van der Waals surface area contributed by atoms with Gasteiger partial charge in [-0.25, -0.2) is 0 Å². The van der Waals surface area contributed by atoms with E-state index in [0.29, 0.717) is 11.8 Å². The van der Waals surface area contributed by atoms with Crippen molar-refractivity contribution in [2.75, 3.05) is 7.11 Å². The molecule has 0 bridgehead atoms. The van der Waals surface area contributed by atoms with Gasteiger partial charge in [0.1, 0.15) is 5.75 Å². The van der Waals surface area contributed by atoms with E-state index in [9.17, 15) is 0 Å². The third-order valence-electron chi connectivity index (χ3n) is 11.7. The van der Waals surface area contributed by atoms with E-state index in [-0.39, 0.29) is 10.8 Å². The fourth-order valence-corrected chi connectivity index (χ4v) is 9.26. The van der Waals surface area contributed by atoms with Gasteiger partial charge in [0.25, 0.3) is 0 Å². The van der Waals surface area contributed by atoms with Gasteiger partial charge in [0.05, 0.1) is 7.11 Å². The number of ether oxygens (including phenoxy) is 1. The molecule has 254 valence electrons. The van der Waals surface area contributed by atoms with Crippen LogP contribution in [0.2, 0.25) is 0 Å². The van der Waals surface area contributed by atoms with Gasteiger partial charge < -0.3 is 4.74 Å². The van der Waals surface area contributed by atoms with E-state index < -0.39 is 0 Å². The maximum atomic E-state index is 6.30. The summed E-state index contributed by atoms with van der Waals surface area (Å²) in [6.45, 7) is 23.0. The van der Waals surface area contributed by atoms with Crippen molar-refractivity contribution < 1.29 is 4.74 Å². The minimum Gasteiger partial charge on any atom is -0.496 e. The molecule has 2 unspecified atom stereocenters. The minimum atomic E-state index is -0.0411. The normalized spacial score (nSPS) is 18.3. The van der Waals surface area contributed by atoms with Gasteiger partial charge in [0.15, 0.2) is 0 Å². The highest BCUT2D eigenvalue weighted by molar-refractivity contribution is 5.88. The Morgan fingerprint density at radius 1 is 0.633 bits per heavy atom. The van der Waals surface area contributed by atoms with Crippen LogP contribution in [0.3, 0.4) is 0 Å².